The second-order valence-electron chi connectivity index (χ2n) is 5.56. The molecule has 1 fully saturated rings. The minimum atomic E-state index is -0.843. The molecule has 1 unspecified atom stereocenters. The highest BCUT2D eigenvalue weighted by molar-refractivity contribution is 5.77. The van der Waals surface area contributed by atoms with Gasteiger partial charge in [0.2, 0.25) is 0 Å². The number of hydrogen-bond donors (Lipinski definition) is 2. The van der Waals surface area contributed by atoms with Gasteiger partial charge in [-0.2, -0.15) is 5.10 Å². The van der Waals surface area contributed by atoms with E-state index >= 15 is 0 Å². The number of nitrogens with zero attached hydrogens (tertiary/aromatic N) is 3. The largest absolute Gasteiger partial charge is 0.481 e. The summed E-state index contributed by atoms with van der Waals surface area (Å²) in [6, 6.07) is 9.47. The van der Waals surface area contributed by atoms with E-state index in [0.717, 1.165) is 11.3 Å². The molecule has 7 nitrogen and oxygen atoms in total. The second kappa shape index (κ2) is 6.51. The van der Waals surface area contributed by atoms with Crippen molar-refractivity contribution in [1.29, 1.82) is 0 Å². The highest BCUT2D eigenvalue weighted by Gasteiger charge is 2.30. The Hall–Kier alpha value is -2.83. The summed E-state index contributed by atoms with van der Waals surface area (Å²) in [6.07, 6.45) is 4.08. The van der Waals surface area contributed by atoms with Crippen LogP contribution in [0.1, 0.15) is 12.0 Å². The van der Waals surface area contributed by atoms with Gasteiger partial charge in [-0.3, -0.25) is 4.79 Å². The summed E-state index contributed by atoms with van der Waals surface area (Å²) >= 11 is 0. The highest BCUT2D eigenvalue weighted by atomic mass is 16.4. The van der Waals surface area contributed by atoms with Crippen LogP contribution < -0.4 is 5.32 Å². The van der Waals surface area contributed by atoms with Crippen LogP contribution in [-0.2, 0) is 11.3 Å². The average Bonchev–Trinajstić information content (AvgIpc) is 3.23. The van der Waals surface area contributed by atoms with Crippen molar-refractivity contribution in [2.24, 2.45) is 5.92 Å². The van der Waals surface area contributed by atoms with Gasteiger partial charge in [-0.15, -0.1) is 0 Å². The Morgan fingerprint density at radius 3 is 2.78 bits per heavy atom. The van der Waals surface area contributed by atoms with Gasteiger partial charge in [-0.05, 0) is 18.6 Å². The summed E-state index contributed by atoms with van der Waals surface area (Å²) in [4.78, 5) is 24.5. The molecule has 2 heterocycles. The predicted molar refractivity (Wildman–Crippen MR) is 83.1 cm³/mol. The number of likely N-dealkylation sites (tertiary alicyclic amines) is 1. The van der Waals surface area contributed by atoms with E-state index in [1.54, 1.807) is 15.8 Å². The first-order valence-electron chi connectivity index (χ1n) is 7.48. The number of carbonyl (C=O) groups is 2. The van der Waals surface area contributed by atoms with E-state index in [9.17, 15) is 9.59 Å². The van der Waals surface area contributed by atoms with Crippen molar-refractivity contribution in [3.05, 3.63) is 48.3 Å². The number of benzene rings is 1. The predicted octanol–water partition coefficient (Wildman–Crippen LogP) is 1.49. The van der Waals surface area contributed by atoms with Gasteiger partial charge in [0.05, 0.1) is 17.8 Å². The van der Waals surface area contributed by atoms with Crippen LogP contribution in [0.15, 0.2) is 42.7 Å². The lowest BCUT2D eigenvalue weighted by molar-refractivity contribution is -0.141. The van der Waals surface area contributed by atoms with Gasteiger partial charge < -0.3 is 15.3 Å². The van der Waals surface area contributed by atoms with Gasteiger partial charge in [0, 0.05) is 31.4 Å². The molecule has 0 saturated carbocycles. The third-order valence-corrected chi connectivity index (χ3v) is 3.93. The topological polar surface area (TPSA) is 87.5 Å². The summed E-state index contributed by atoms with van der Waals surface area (Å²) in [5.74, 6) is -1.30. The summed E-state index contributed by atoms with van der Waals surface area (Å²) in [6.45, 7) is 1.11. The SMILES string of the molecule is O=C(O)C1CCN(C(=O)NCc2cnn(-c3ccccc3)c2)C1. The van der Waals surface area contributed by atoms with Crippen LogP contribution in [0.5, 0.6) is 0 Å². The summed E-state index contributed by atoms with van der Waals surface area (Å²) in [7, 11) is 0. The van der Waals surface area contributed by atoms with Crippen LogP contribution >= 0.6 is 0 Å². The zero-order chi connectivity index (χ0) is 16.2. The van der Waals surface area contributed by atoms with E-state index in [4.69, 9.17) is 5.11 Å². The fraction of sp³-hybridized carbons (Fsp3) is 0.312. The van der Waals surface area contributed by atoms with Crippen LogP contribution in [0.2, 0.25) is 0 Å². The Morgan fingerprint density at radius 2 is 2.09 bits per heavy atom. The molecule has 1 aliphatic heterocycles. The van der Waals surface area contributed by atoms with Crippen LogP contribution in [-0.4, -0.2) is 44.9 Å². The molecular weight excluding hydrogens is 296 g/mol. The fourth-order valence-electron chi connectivity index (χ4n) is 2.61. The number of amides is 2. The Labute approximate surface area is 133 Å². The van der Waals surface area contributed by atoms with Crippen molar-refractivity contribution >= 4 is 12.0 Å². The summed E-state index contributed by atoms with van der Waals surface area (Å²) in [5.41, 5.74) is 1.84. The molecule has 2 aromatic rings. The third-order valence-electron chi connectivity index (χ3n) is 3.93. The molecule has 2 N–H and O–H groups in total. The zero-order valence-corrected chi connectivity index (χ0v) is 12.6. The number of aliphatic carboxylic acids is 1. The molecule has 1 atom stereocenters. The lowest BCUT2D eigenvalue weighted by Crippen LogP contribution is -2.38. The van der Waals surface area contributed by atoms with E-state index in [1.807, 2.05) is 36.5 Å². The van der Waals surface area contributed by atoms with Crippen molar-refractivity contribution in [2.45, 2.75) is 13.0 Å². The molecule has 1 aromatic heterocycles. The van der Waals surface area contributed by atoms with Gasteiger partial charge in [-0.25, -0.2) is 9.48 Å². The number of carbonyl (C=O) groups excluding carboxylic acids is 1. The highest BCUT2D eigenvalue weighted by Crippen LogP contribution is 2.16. The first-order chi connectivity index (χ1) is 11.1. The van der Waals surface area contributed by atoms with E-state index in [1.165, 1.54) is 0 Å². The number of hydrogen-bond acceptors (Lipinski definition) is 3. The molecule has 7 heteroatoms. The monoisotopic (exact) mass is 314 g/mol. The van der Waals surface area contributed by atoms with Crippen LogP contribution in [0.25, 0.3) is 5.69 Å². The minimum Gasteiger partial charge on any atom is -0.481 e. The number of nitrogens with one attached hydrogen (secondary N) is 1. The van der Waals surface area contributed by atoms with E-state index < -0.39 is 11.9 Å². The van der Waals surface area contributed by atoms with Gasteiger partial charge in [0.25, 0.3) is 0 Å². The molecule has 0 aliphatic carbocycles. The molecule has 2 amide bonds. The molecule has 23 heavy (non-hydrogen) atoms. The maximum Gasteiger partial charge on any atom is 0.317 e. The molecule has 0 bridgehead atoms. The van der Waals surface area contributed by atoms with Gasteiger partial charge in [0.15, 0.2) is 0 Å². The first kappa shape index (κ1) is 15.1. The third kappa shape index (κ3) is 3.50. The number of carboxylic acid groups (broad SMARTS) is 1. The van der Waals surface area contributed by atoms with Crippen molar-refractivity contribution < 1.29 is 14.7 Å². The number of aromatic nitrogens is 2. The average molecular weight is 314 g/mol. The lowest BCUT2D eigenvalue weighted by atomic mass is 10.1. The molecule has 0 spiro atoms. The van der Waals surface area contributed by atoms with Crippen LogP contribution in [0.4, 0.5) is 4.79 Å². The maximum absolute atomic E-state index is 12.1. The van der Waals surface area contributed by atoms with E-state index in [2.05, 4.69) is 10.4 Å². The maximum atomic E-state index is 12.1. The van der Waals surface area contributed by atoms with Gasteiger partial charge in [0.1, 0.15) is 0 Å². The van der Waals surface area contributed by atoms with Crippen LogP contribution in [0.3, 0.4) is 0 Å². The molecule has 3 rings (SSSR count). The first-order valence-corrected chi connectivity index (χ1v) is 7.48. The normalized spacial score (nSPS) is 17.2. The zero-order valence-electron chi connectivity index (χ0n) is 12.6. The standard InChI is InChI=1S/C16H18N4O3/c21-15(22)13-6-7-19(11-13)16(23)17-8-12-9-18-20(10-12)14-4-2-1-3-5-14/h1-5,9-10,13H,6-8,11H2,(H,17,23)(H,21,22). The molecular formula is C16H18N4O3. The Balaban J connectivity index is 1.54. The Kier molecular flexibility index (Phi) is 4.27. The Morgan fingerprint density at radius 1 is 1.30 bits per heavy atom. The molecule has 1 saturated heterocycles. The van der Waals surface area contributed by atoms with Gasteiger partial charge in [-0.1, -0.05) is 18.2 Å². The minimum absolute atomic E-state index is 0.235. The number of urea groups is 1. The van der Waals surface area contributed by atoms with Crippen molar-refractivity contribution in [3.63, 3.8) is 0 Å². The molecule has 0 radical (unpaired) electrons. The summed E-state index contributed by atoms with van der Waals surface area (Å²) < 4.78 is 1.75. The van der Waals surface area contributed by atoms with Crippen molar-refractivity contribution in [3.8, 4) is 5.69 Å². The number of carboxylic acids is 1. The molecule has 1 aromatic carbocycles. The van der Waals surface area contributed by atoms with Gasteiger partial charge >= 0.3 is 12.0 Å². The lowest BCUT2D eigenvalue weighted by Gasteiger charge is -2.16. The smallest absolute Gasteiger partial charge is 0.317 e. The Bertz CT molecular complexity index is 698. The second-order valence-corrected chi connectivity index (χ2v) is 5.56. The van der Waals surface area contributed by atoms with E-state index in [-0.39, 0.29) is 12.6 Å². The fourth-order valence-corrected chi connectivity index (χ4v) is 2.61. The van der Waals surface area contributed by atoms with Crippen molar-refractivity contribution in [1.82, 2.24) is 20.0 Å². The number of para-hydroxylation sites is 1. The molecule has 120 valence electrons. The van der Waals surface area contributed by atoms with E-state index in [0.29, 0.717) is 19.5 Å². The van der Waals surface area contributed by atoms with Crippen molar-refractivity contribution in [2.75, 3.05) is 13.1 Å². The summed E-state index contributed by atoms with van der Waals surface area (Å²) in [5, 5.41) is 16.0. The molecule has 1 aliphatic rings. The quantitative estimate of drug-likeness (QED) is 0.895. The number of rotatable bonds is 4. The van der Waals surface area contributed by atoms with Crippen LogP contribution in [0, 0.1) is 5.92 Å².